The molecule has 1 aromatic carbocycles. The highest BCUT2D eigenvalue weighted by molar-refractivity contribution is 7.66. The molecule has 0 aliphatic heterocycles. The number of benzene rings is 1. The number of aromatic hydroxyl groups is 1. The minimum absolute atomic E-state index is 0.322. The highest BCUT2D eigenvalue weighted by Gasteiger charge is 2.38. The normalized spacial score (nSPS) is 12.4. The highest BCUT2D eigenvalue weighted by atomic mass is 31.3. The fourth-order valence-electron chi connectivity index (χ4n) is 0.712. The molecule has 0 aromatic heterocycles. The number of phenolic OH excluding ortho intramolecular Hbond substituents is 1. The van der Waals surface area contributed by atoms with Gasteiger partial charge in [0.2, 0.25) is 0 Å². The molecule has 0 spiro atoms. The van der Waals surface area contributed by atoms with Crippen molar-refractivity contribution in [3.8, 4) is 5.75 Å². The van der Waals surface area contributed by atoms with Crippen molar-refractivity contribution in [3.05, 3.63) is 30.3 Å². The average molecular weight is 352 g/mol. The third-order valence-corrected chi connectivity index (χ3v) is 4.53. The number of phosphoric acid groups is 3. The zero-order chi connectivity index (χ0) is 16.0. The summed E-state index contributed by atoms with van der Waals surface area (Å²) in [4.78, 5) is 40.2. The molecule has 0 amide bonds. The Bertz CT molecular complexity index is 517. The van der Waals surface area contributed by atoms with Crippen molar-refractivity contribution >= 4 is 23.5 Å². The van der Waals surface area contributed by atoms with Gasteiger partial charge in [0.1, 0.15) is 5.75 Å². The largest absolute Gasteiger partial charge is 0.508 e. The van der Waals surface area contributed by atoms with Crippen LogP contribution in [0, 0.1) is 0 Å². The van der Waals surface area contributed by atoms with Gasteiger partial charge in [-0.05, 0) is 12.1 Å². The second-order valence-corrected chi connectivity index (χ2v) is 7.15. The van der Waals surface area contributed by atoms with Crippen LogP contribution in [0.25, 0.3) is 0 Å². The summed E-state index contributed by atoms with van der Waals surface area (Å²) in [5.74, 6) is 0.322. The maximum Gasteiger partial charge on any atom is 0.490 e. The molecular weight excluding hydrogens is 341 g/mol. The molecule has 0 atom stereocenters. The summed E-state index contributed by atoms with van der Waals surface area (Å²) in [5.41, 5.74) is 0. The summed E-state index contributed by atoms with van der Waals surface area (Å²) in [6.07, 6.45) is 0. The monoisotopic (exact) mass is 352 g/mol. The summed E-state index contributed by atoms with van der Waals surface area (Å²) >= 11 is 0. The predicted octanol–water partition coefficient (Wildman–Crippen LogP) is 0.698. The Morgan fingerprint density at radius 3 is 1.30 bits per heavy atom. The van der Waals surface area contributed by atoms with E-state index in [0.29, 0.717) is 5.75 Å². The molecular formula is C6H11O11P3. The van der Waals surface area contributed by atoms with E-state index < -0.39 is 23.5 Å². The number of rotatable bonds is 4. The van der Waals surface area contributed by atoms with E-state index in [-0.39, 0.29) is 0 Å². The molecule has 1 aromatic rings. The first kappa shape index (κ1) is 19.4. The molecule has 11 nitrogen and oxygen atoms in total. The highest BCUT2D eigenvalue weighted by Crippen LogP contribution is 2.64. The molecule has 0 radical (unpaired) electrons. The lowest BCUT2D eigenvalue weighted by Crippen LogP contribution is -1.91. The number of phenols is 1. The van der Waals surface area contributed by atoms with Crippen LogP contribution >= 0.6 is 23.5 Å². The van der Waals surface area contributed by atoms with Crippen molar-refractivity contribution in [2.24, 2.45) is 0 Å². The van der Waals surface area contributed by atoms with Crippen LogP contribution in [-0.2, 0) is 22.3 Å². The van der Waals surface area contributed by atoms with Crippen LogP contribution in [0.1, 0.15) is 0 Å². The van der Waals surface area contributed by atoms with Gasteiger partial charge in [-0.2, -0.15) is 8.62 Å². The molecule has 14 heteroatoms. The molecule has 0 saturated heterocycles. The summed E-state index contributed by atoms with van der Waals surface area (Å²) in [6, 6.07) is 8.71. The van der Waals surface area contributed by atoms with Gasteiger partial charge in [0.05, 0.1) is 0 Å². The molecule has 0 bridgehead atoms. The zero-order valence-corrected chi connectivity index (χ0v) is 12.1. The Morgan fingerprint density at radius 2 is 1.10 bits per heavy atom. The van der Waals surface area contributed by atoms with Gasteiger partial charge in [0, 0.05) is 0 Å². The topological polar surface area (TPSA) is 191 Å². The van der Waals surface area contributed by atoms with Crippen molar-refractivity contribution in [2.75, 3.05) is 0 Å². The summed E-state index contributed by atoms with van der Waals surface area (Å²) in [6.45, 7) is 0. The van der Waals surface area contributed by atoms with Gasteiger partial charge in [-0.15, -0.1) is 0 Å². The molecule has 6 N–H and O–H groups in total. The van der Waals surface area contributed by atoms with Crippen molar-refractivity contribution in [1.82, 2.24) is 0 Å². The molecule has 116 valence electrons. The van der Waals surface area contributed by atoms with Crippen molar-refractivity contribution in [2.45, 2.75) is 0 Å². The first-order valence-electron chi connectivity index (χ1n) is 4.41. The van der Waals surface area contributed by atoms with E-state index in [1.54, 1.807) is 24.3 Å². The smallest absolute Gasteiger partial charge is 0.490 e. The molecule has 0 unspecified atom stereocenters. The van der Waals surface area contributed by atoms with Crippen LogP contribution in [0.2, 0.25) is 0 Å². The lowest BCUT2D eigenvalue weighted by Gasteiger charge is -2.11. The van der Waals surface area contributed by atoms with Crippen molar-refractivity contribution in [1.29, 1.82) is 0 Å². The standard InChI is InChI=1S/C6H6O.H5O10P3/c7-6-4-2-1-3-5-6;1-11(2,3)9-13(7,8)10-12(4,5)6/h1-5,7H;(H,7,8)(H2,1,2,3)(H2,4,5,6). The second kappa shape index (κ2) is 7.44. The predicted molar refractivity (Wildman–Crippen MR) is 64.2 cm³/mol. The molecule has 0 fully saturated rings. The van der Waals surface area contributed by atoms with Crippen molar-refractivity contribution < 1.29 is 51.9 Å². The minimum atomic E-state index is -5.46. The maximum absolute atomic E-state index is 10.4. The lowest BCUT2D eigenvalue weighted by molar-refractivity contribution is 0.204. The minimum Gasteiger partial charge on any atom is -0.508 e. The fourth-order valence-corrected chi connectivity index (χ4v) is 3.25. The third kappa shape index (κ3) is 12.5. The van der Waals surface area contributed by atoms with Gasteiger partial charge in [0.25, 0.3) is 0 Å². The average Bonchev–Trinajstić information content (AvgIpc) is 2.10. The molecule has 0 aliphatic carbocycles. The SMILES string of the molecule is O=P(O)(O)OP(=O)(O)OP(=O)(O)O.Oc1ccccc1. The Labute approximate surface area is 112 Å². The first-order chi connectivity index (χ1) is 8.81. The summed E-state index contributed by atoms with van der Waals surface area (Å²) in [5, 5.41) is 8.63. The summed E-state index contributed by atoms with van der Waals surface area (Å²) < 4.78 is 36.4. The third-order valence-electron chi connectivity index (χ3n) is 1.18. The molecule has 20 heavy (non-hydrogen) atoms. The van der Waals surface area contributed by atoms with Gasteiger partial charge >= 0.3 is 23.5 Å². The number of para-hydroxylation sites is 1. The fraction of sp³-hybridized carbons (Fsp3) is 0. The van der Waals surface area contributed by atoms with E-state index in [0.717, 1.165) is 0 Å². The van der Waals surface area contributed by atoms with Crippen LogP contribution < -0.4 is 0 Å². The Balaban J connectivity index is 0.000000428. The van der Waals surface area contributed by atoms with Crippen LogP contribution in [0.3, 0.4) is 0 Å². The zero-order valence-electron chi connectivity index (χ0n) is 9.45. The maximum atomic E-state index is 10.4. The molecule has 0 saturated carbocycles. The molecule has 1 rings (SSSR count). The second-order valence-electron chi connectivity index (χ2n) is 2.95. The Morgan fingerprint density at radius 1 is 0.750 bits per heavy atom. The number of hydrogen-bond acceptors (Lipinski definition) is 6. The van der Waals surface area contributed by atoms with Crippen LogP contribution in [0.15, 0.2) is 30.3 Å². The van der Waals surface area contributed by atoms with Gasteiger partial charge in [-0.25, -0.2) is 13.7 Å². The number of hydrogen-bond donors (Lipinski definition) is 6. The summed E-state index contributed by atoms with van der Waals surface area (Å²) in [7, 11) is -16.2. The first-order valence-corrected chi connectivity index (χ1v) is 8.97. The van der Waals surface area contributed by atoms with Crippen LogP contribution in [0.5, 0.6) is 5.75 Å². The van der Waals surface area contributed by atoms with Gasteiger partial charge < -0.3 is 29.6 Å². The van der Waals surface area contributed by atoms with Crippen LogP contribution in [0.4, 0.5) is 0 Å². The quantitative estimate of drug-likeness (QED) is 0.418. The van der Waals surface area contributed by atoms with E-state index in [9.17, 15) is 13.7 Å². The van der Waals surface area contributed by atoms with E-state index in [4.69, 9.17) is 29.6 Å². The Kier molecular flexibility index (Phi) is 7.23. The van der Waals surface area contributed by atoms with Gasteiger partial charge in [-0.1, -0.05) is 18.2 Å². The van der Waals surface area contributed by atoms with Crippen LogP contribution in [-0.4, -0.2) is 29.6 Å². The van der Waals surface area contributed by atoms with E-state index >= 15 is 0 Å². The lowest BCUT2D eigenvalue weighted by atomic mass is 10.3. The van der Waals surface area contributed by atoms with Gasteiger partial charge in [-0.3, -0.25) is 0 Å². The Hall–Kier alpha value is -0.570. The van der Waals surface area contributed by atoms with Gasteiger partial charge in [0.15, 0.2) is 0 Å². The van der Waals surface area contributed by atoms with E-state index in [1.165, 1.54) is 0 Å². The molecule has 0 aliphatic rings. The van der Waals surface area contributed by atoms with E-state index in [1.807, 2.05) is 6.07 Å². The van der Waals surface area contributed by atoms with Crippen molar-refractivity contribution in [3.63, 3.8) is 0 Å². The molecule has 0 heterocycles. The van der Waals surface area contributed by atoms with E-state index in [2.05, 4.69) is 8.62 Å².